The molecular formula is C19H20NO4-. The summed E-state index contributed by atoms with van der Waals surface area (Å²) in [7, 11) is 0. The second kappa shape index (κ2) is 7.17. The fourth-order valence-electron chi connectivity index (χ4n) is 2.31. The quantitative estimate of drug-likeness (QED) is 0.915. The van der Waals surface area contributed by atoms with E-state index in [4.69, 9.17) is 4.74 Å². The third-order valence-corrected chi connectivity index (χ3v) is 3.47. The van der Waals surface area contributed by atoms with Crippen LogP contribution in [-0.4, -0.2) is 18.5 Å². The van der Waals surface area contributed by atoms with Gasteiger partial charge < -0.3 is 20.0 Å². The molecule has 0 aliphatic rings. The van der Waals surface area contributed by atoms with Gasteiger partial charge in [-0.15, -0.1) is 0 Å². The standard InChI is InChI=1S/C19H21NO4/c1-19(2,3)14-9-5-7-11-16(14)24-12-17(21)20-15-10-6-4-8-13(15)18(22)23/h4-11H,12H2,1-3H3,(H,20,21)(H,22,23)/p-1. The number of amides is 1. The zero-order valence-electron chi connectivity index (χ0n) is 14.0. The van der Waals surface area contributed by atoms with E-state index in [1.165, 1.54) is 12.1 Å². The van der Waals surface area contributed by atoms with Crippen LogP contribution in [0.3, 0.4) is 0 Å². The molecule has 2 rings (SSSR count). The van der Waals surface area contributed by atoms with Gasteiger partial charge in [0.25, 0.3) is 5.91 Å². The zero-order valence-corrected chi connectivity index (χ0v) is 14.0. The van der Waals surface area contributed by atoms with Gasteiger partial charge in [0.05, 0.1) is 5.97 Å². The van der Waals surface area contributed by atoms with E-state index < -0.39 is 11.9 Å². The van der Waals surface area contributed by atoms with Crippen molar-refractivity contribution in [3.8, 4) is 5.75 Å². The van der Waals surface area contributed by atoms with Gasteiger partial charge in [-0.3, -0.25) is 4.79 Å². The molecule has 0 spiro atoms. The number of rotatable bonds is 5. The van der Waals surface area contributed by atoms with Crippen LogP contribution in [0.4, 0.5) is 5.69 Å². The second-order valence-corrected chi connectivity index (χ2v) is 6.42. The molecule has 24 heavy (non-hydrogen) atoms. The molecule has 0 heterocycles. The molecule has 1 amide bonds. The van der Waals surface area contributed by atoms with Crippen LogP contribution in [0.15, 0.2) is 48.5 Å². The molecule has 1 N–H and O–H groups in total. The Morgan fingerprint density at radius 1 is 1.04 bits per heavy atom. The Morgan fingerprint density at radius 3 is 2.33 bits per heavy atom. The molecule has 0 saturated heterocycles. The van der Waals surface area contributed by atoms with E-state index in [1.807, 2.05) is 24.3 Å². The van der Waals surface area contributed by atoms with E-state index in [-0.39, 0.29) is 23.3 Å². The average molecular weight is 326 g/mol. The minimum atomic E-state index is -1.34. The van der Waals surface area contributed by atoms with Crippen LogP contribution in [0, 0.1) is 0 Å². The van der Waals surface area contributed by atoms with Gasteiger partial charge in [0.2, 0.25) is 0 Å². The van der Waals surface area contributed by atoms with E-state index >= 15 is 0 Å². The Hall–Kier alpha value is -2.82. The van der Waals surface area contributed by atoms with Gasteiger partial charge in [0.1, 0.15) is 5.75 Å². The summed E-state index contributed by atoms with van der Waals surface area (Å²) in [5.41, 5.74) is 0.998. The lowest BCUT2D eigenvalue weighted by atomic mass is 9.86. The highest BCUT2D eigenvalue weighted by Crippen LogP contribution is 2.30. The fraction of sp³-hybridized carbons (Fsp3) is 0.263. The first-order chi connectivity index (χ1) is 11.3. The van der Waals surface area contributed by atoms with Gasteiger partial charge in [0.15, 0.2) is 6.61 Å². The molecule has 0 unspecified atom stereocenters. The molecule has 0 fully saturated rings. The lowest BCUT2D eigenvalue weighted by Crippen LogP contribution is -2.26. The smallest absolute Gasteiger partial charge is 0.262 e. The van der Waals surface area contributed by atoms with Crippen molar-refractivity contribution in [2.24, 2.45) is 0 Å². The number of benzene rings is 2. The molecule has 0 atom stereocenters. The van der Waals surface area contributed by atoms with Crippen molar-refractivity contribution in [2.75, 3.05) is 11.9 Å². The van der Waals surface area contributed by atoms with Gasteiger partial charge >= 0.3 is 0 Å². The summed E-state index contributed by atoms with van der Waals surface area (Å²) >= 11 is 0. The van der Waals surface area contributed by atoms with Crippen LogP contribution in [0.5, 0.6) is 5.75 Å². The summed E-state index contributed by atoms with van der Waals surface area (Å²) in [6, 6.07) is 13.6. The van der Waals surface area contributed by atoms with E-state index in [0.29, 0.717) is 5.75 Å². The fourth-order valence-corrected chi connectivity index (χ4v) is 2.31. The Labute approximate surface area is 141 Å². The SMILES string of the molecule is CC(C)(C)c1ccccc1OCC(=O)Nc1ccccc1C(=O)[O-]. The first-order valence-electron chi connectivity index (χ1n) is 7.61. The third-order valence-electron chi connectivity index (χ3n) is 3.47. The molecule has 0 aromatic heterocycles. The van der Waals surface area contributed by atoms with Crippen molar-refractivity contribution >= 4 is 17.6 Å². The molecular weight excluding hydrogens is 306 g/mol. The monoisotopic (exact) mass is 326 g/mol. The minimum absolute atomic E-state index is 0.0686. The normalized spacial score (nSPS) is 11.0. The van der Waals surface area contributed by atoms with Crippen molar-refractivity contribution in [1.82, 2.24) is 0 Å². The summed E-state index contributed by atoms with van der Waals surface area (Å²) in [5.74, 6) is -1.15. The second-order valence-electron chi connectivity index (χ2n) is 6.42. The van der Waals surface area contributed by atoms with E-state index in [2.05, 4.69) is 26.1 Å². The number of para-hydroxylation sites is 2. The number of carbonyl (C=O) groups excluding carboxylic acids is 2. The Bertz CT molecular complexity index is 747. The van der Waals surface area contributed by atoms with Gasteiger partial charge in [-0.2, -0.15) is 0 Å². The number of carbonyl (C=O) groups is 2. The number of nitrogens with one attached hydrogen (secondary N) is 1. The van der Waals surface area contributed by atoms with Crippen LogP contribution in [0.25, 0.3) is 0 Å². The molecule has 126 valence electrons. The maximum atomic E-state index is 12.1. The highest BCUT2D eigenvalue weighted by molar-refractivity contribution is 6.00. The van der Waals surface area contributed by atoms with Gasteiger partial charge in [0, 0.05) is 11.3 Å². The highest BCUT2D eigenvalue weighted by atomic mass is 16.5. The predicted octanol–water partition coefficient (Wildman–Crippen LogP) is 2.37. The van der Waals surface area contributed by atoms with Crippen molar-refractivity contribution in [3.05, 3.63) is 59.7 Å². The summed E-state index contributed by atoms with van der Waals surface area (Å²) in [6.07, 6.45) is 0. The molecule has 0 aliphatic heterocycles. The maximum absolute atomic E-state index is 12.1. The minimum Gasteiger partial charge on any atom is -0.545 e. The summed E-state index contributed by atoms with van der Waals surface area (Å²) in [5, 5.41) is 13.6. The summed E-state index contributed by atoms with van der Waals surface area (Å²) < 4.78 is 5.62. The maximum Gasteiger partial charge on any atom is 0.262 e. The first kappa shape index (κ1) is 17.5. The first-order valence-corrected chi connectivity index (χ1v) is 7.61. The number of aromatic carboxylic acids is 1. The van der Waals surface area contributed by atoms with Crippen LogP contribution in [-0.2, 0) is 10.2 Å². The molecule has 5 nitrogen and oxygen atoms in total. The van der Waals surface area contributed by atoms with Gasteiger partial charge in [-0.05, 0) is 23.1 Å². The molecule has 2 aromatic rings. The Kier molecular flexibility index (Phi) is 5.24. The van der Waals surface area contributed by atoms with E-state index in [1.54, 1.807) is 12.1 Å². The van der Waals surface area contributed by atoms with Gasteiger partial charge in [-0.1, -0.05) is 57.2 Å². The number of hydrogen-bond donors (Lipinski definition) is 1. The van der Waals surface area contributed by atoms with Crippen LogP contribution in [0.2, 0.25) is 0 Å². The molecule has 5 heteroatoms. The third kappa shape index (κ3) is 4.35. The topological polar surface area (TPSA) is 78.5 Å². The summed E-state index contributed by atoms with van der Waals surface area (Å²) in [6.45, 7) is 5.97. The lowest BCUT2D eigenvalue weighted by Gasteiger charge is -2.22. The number of carboxylic acids is 1. The highest BCUT2D eigenvalue weighted by Gasteiger charge is 2.19. The summed E-state index contributed by atoms with van der Waals surface area (Å²) in [4.78, 5) is 23.1. The van der Waals surface area contributed by atoms with Crippen molar-refractivity contribution in [2.45, 2.75) is 26.2 Å². The number of ether oxygens (including phenoxy) is 1. The Morgan fingerprint density at radius 2 is 1.67 bits per heavy atom. The van der Waals surface area contributed by atoms with Gasteiger partial charge in [-0.25, -0.2) is 0 Å². The number of anilines is 1. The zero-order chi connectivity index (χ0) is 17.7. The molecule has 0 radical (unpaired) electrons. The van der Waals surface area contributed by atoms with Crippen LogP contribution >= 0.6 is 0 Å². The molecule has 0 bridgehead atoms. The Balaban J connectivity index is 2.07. The largest absolute Gasteiger partial charge is 0.545 e. The van der Waals surface area contributed by atoms with Crippen molar-refractivity contribution < 1.29 is 19.4 Å². The van der Waals surface area contributed by atoms with Crippen LogP contribution in [0.1, 0.15) is 36.7 Å². The molecule has 0 aliphatic carbocycles. The molecule has 2 aromatic carbocycles. The van der Waals surface area contributed by atoms with Crippen molar-refractivity contribution in [1.29, 1.82) is 0 Å². The number of carboxylic acid groups (broad SMARTS) is 1. The molecule has 0 saturated carbocycles. The van der Waals surface area contributed by atoms with Crippen molar-refractivity contribution in [3.63, 3.8) is 0 Å². The van der Waals surface area contributed by atoms with E-state index in [0.717, 1.165) is 5.56 Å². The van der Waals surface area contributed by atoms with E-state index in [9.17, 15) is 14.7 Å². The lowest BCUT2D eigenvalue weighted by molar-refractivity contribution is -0.254. The van der Waals surface area contributed by atoms with Crippen LogP contribution < -0.4 is 15.2 Å². The average Bonchev–Trinajstić information content (AvgIpc) is 2.52. The number of hydrogen-bond acceptors (Lipinski definition) is 4. The predicted molar refractivity (Wildman–Crippen MR) is 90.0 cm³/mol.